The van der Waals surface area contributed by atoms with Crippen molar-refractivity contribution in [2.75, 3.05) is 24.8 Å². The maximum Gasteiger partial charge on any atom is 0.240 e. The zero-order valence-corrected chi connectivity index (χ0v) is 12.2. The second kappa shape index (κ2) is 6.23. The van der Waals surface area contributed by atoms with E-state index in [9.17, 15) is 8.42 Å². The van der Waals surface area contributed by atoms with Crippen molar-refractivity contribution in [3.05, 3.63) is 18.2 Å². The Labute approximate surface area is 114 Å². The third-order valence-electron chi connectivity index (χ3n) is 2.80. The molecule has 1 atom stereocenters. The van der Waals surface area contributed by atoms with Crippen LogP contribution in [0.2, 0.25) is 0 Å². The van der Waals surface area contributed by atoms with E-state index in [0.29, 0.717) is 18.0 Å². The van der Waals surface area contributed by atoms with Gasteiger partial charge in [-0.05, 0) is 24.1 Å². The van der Waals surface area contributed by atoms with E-state index in [2.05, 4.69) is 5.32 Å². The SMILES string of the molecule is COCC(Nc1ccc(N)cc1S(N)(=O)=O)C(C)C. The van der Waals surface area contributed by atoms with E-state index in [1.165, 1.54) is 6.07 Å². The van der Waals surface area contributed by atoms with Crippen molar-refractivity contribution in [3.63, 3.8) is 0 Å². The fraction of sp³-hybridized carbons (Fsp3) is 0.500. The topological polar surface area (TPSA) is 107 Å². The van der Waals surface area contributed by atoms with Crippen LogP contribution in [0, 0.1) is 5.92 Å². The van der Waals surface area contributed by atoms with Crippen LogP contribution in [-0.2, 0) is 14.8 Å². The van der Waals surface area contributed by atoms with E-state index in [4.69, 9.17) is 15.6 Å². The maximum atomic E-state index is 11.6. The predicted molar refractivity (Wildman–Crippen MR) is 76.4 cm³/mol. The molecule has 0 aliphatic rings. The van der Waals surface area contributed by atoms with Crippen LogP contribution in [0.25, 0.3) is 0 Å². The molecular weight excluding hydrogens is 266 g/mol. The lowest BCUT2D eigenvalue weighted by molar-refractivity contribution is 0.171. The molecule has 1 rings (SSSR count). The van der Waals surface area contributed by atoms with Gasteiger partial charge in [-0.3, -0.25) is 0 Å². The molecule has 0 fully saturated rings. The molecule has 0 heterocycles. The minimum atomic E-state index is -3.83. The summed E-state index contributed by atoms with van der Waals surface area (Å²) in [6, 6.07) is 4.57. The van der Waals surface area contributed by atoms with Gasteiger partial charge in [0.05, 0.1) is 18.3 Å². The highest BCUT2D eigenvalue weighted by molar-refractivity contribution is 7.89. The summed E-state index contributed by atoms with van der Waals surface area (Å²) in [5, 5.41) is 8.34. The smallest absolute Gasteiger partial charge is 0.240 e. The van der Waals surface area contributed by atoms with Crippen molar-refractivity contribution < 1.29 is 13.2 Å². The molecular formula is C12H21N3O3S. The predicted octanol–water partition coefficient (Wildman–Crippen LogP) is 0.999. The first kappa shape index (κ1) is 15.7. The quantitative estimate of drug-likeness (QED) is 0.676. The molecule has 19 heavy (non-hydrogen) atoms. The van der Waals surface area contributed by atoms with Crippen molar-refractivity contribution >= 4 is 21.4 Å². The monoisotopic (exact) mass is 287 g/mol. The van der Waals surface area contributed by atoms with Gasteiger partial charge in [0.25, 0.3) is 0 Å². The van der Waals surface area contributed by atoms with Crippen LogP contribution in [0.5, 0.6) is 0 Å². The molecule has 5 N–H and O–H groups in total. The number of methoxy groups -OCH3 is 1. The normalized spacial score (nSPS) is 13.5. The van der Waals surface area contributed by atoms with Gasteiger partial charge in [0.15, 0.2) is 0 Å². The van der Waals surface area contributed by atoms with Crippen molar-refractivity contribution in [2.24, 2.45) is 11.1 Å². The Morgan fingerprint density at radius 2 is 2.00 bits per heavy atom. The number of hydrogen-bond acceptors (Lipinski definition) is 5. The van der Waals surface area contributed by atoms with Gasteiger partial charge in [0.2, 0.25) is 10.0 Å². The van der Waals surface area contributed by atoms with Gasteiger partial charge >= 0.3 is 0 Å². The zero-order valence-electron chi connectivity index (χ0n) is 11.4. The van der Waals surface area contributed by atoms with Crippen molar-refractivity contribution in [1.29, 1.82) is 0 Å². The first-order valence-corrected chi connectivity index (χ1v) is 7.48. The van der Waals surface area contributed by atoms with Crippen molar-refractivity contribution in [3.8, 4) is 0 Å². The molecule has 0 aliphatic carbocycles. The molecule has 1 aromatic rings. The summed E-state index contributed by atoms with van der Waals surface area (Å²) in [6.07, 6.45) is 0. The lowest BCUT2D eigenvalue weighted by atomic mass is 10.1. The summed E-state index contributed by atoms with van der Waals surface area (Å²) >= 11 is 0. The summed E-state index contributed by atoms with van der Waals surface area (Å²) in [5.41, 5.74) is 6.39. The average Bonchev–Trinajstić information content (AvgIpc) is 2.29. The molecule has 0 saturated carbocycles. The van der Waals surface area contributed by atoms with Crippen LogP contribution >= 0.6 is 0 Å². The van der Waals surface area contributed by atoms with Crippen LogP contribution in [0.15, 0.2) is 23.1 Å². The highest BCUT2D eigenvalue weighted by Crippen LogP contribution is 2.24. The molecule has 1 unspecified atom stereocenters. The summed E-state index contributed by atoms with van der Waals surface area (Å²) < 4.78 is 28.3. The van der Waals surface area contributed by atoms with E-state index in [1.54, 1.807) is 19.2 Å². The summed E-state index contributed by atoms with van der Waals surface area (Å²) in [7, 11) is -2.23. The van der Waals surface area contributed by atoms with E-state index in [1.807, 2.05) is 13.8 Å². The Kier molecular flexibility index (Phi) is 5.16. The number of benzene rings is 1. The van der Waals surface area contributed by atoms with Crippen LogP contribution in [-0.4, -0.2) is 28.2 Å². The third kappa shape index (κ3) is 4.38. The number of sulfonamides is 1. The zero-order chi connectivity index (χ0) is 14.6. The largest absolute Gasteiger partial charge is 0.399 e. The number of rotatable bonds is 6. The van der Waals surface area contributed by atoms with Crippen molar-refractivity contribution in [2.45, 2.75) is 24.8 Å². The Balaban J connectivity index is 3.13. The molecule has 7 heteroatoms. The lowest BCUT2D eigenvalue weighted by Gasteiger charge is -2.24. The lowest BCUT2D eigenvalue weighted by Crippen LogP contribution is -2.31. The van der Waals surface area contributed by atoms with Crippen LogP contribution in [0.3, 0.4) is 0 Å². The number of primary sulfonamides is 1. The van der Waals surface area contributed by atoms with E-state index >= 15 is 0 Å². The molecule has 0 aromatic heterocycles. The Bertz CT molecular complexity index is 529. The van der Waals surface area contributed by atoms with Crippen LogP contribution < -0.4 is 16.2 Å². The molecule has 0 radical (unpaired) electrons. The van der Waals surface area contributed by atoms with Gasteiger partial charge in [0.1, 0.15) is 4.90 Å². The first-order valence-electron chi connectivity index (χ1n) is 5.93. The number of nitrogens with one attached hydrogen (secondary N) is 1. The van der Waals surface area contributed by atoms with Gasteiger partial charge in [-0.25, -0.2) is 13.6 Å². The maximum absolute atomic E-state index is 11.6. The standard InChI is InChI=1S/C12H21N3O3S/c1-8(2)11(7-18-3)15-10-5-4-9(13)6-12(10)19(14,16)17/h4-6,8,11,15H,7,13H2,1-3H3,(H2,14,16,17). The average molecular weight is 287 g/mol. The molecule has 0 aliphatic heterocycles. The van der Waals surface area contributed by atoms with E-state index < -0.39 is 10.0 Å². The minimum Gasteiger partial charge on any atom is -0.399 e. The molecule has 1 aromatic carbocycles. The summed E-state index contributed by atoms with van der Waals surface area (Å²) in [6.45, 7) is 4.50. The Morgan fingerprint density at radius 1 is 1.37 bits per heavy atom. The number of nitrogens with two attached hydrogens (primary N) is 2. The second-order valence-corrected chi connectivity index (χ2v) is 6.28. The van der Waals surface area contributed by atoms with Gasteiger partial charge < -0.3 is 15.8 Å². The van der Waals surface area contributed by atoms with Gasteiger partial charge in [-0.15, -0.1) is 0 Å². The Hall–Kier alpha value is -1.31. The number of hydrogen-bond donors (Lipinski definition) is 3. The van der Waals surface area contributed by atoms with Crippen molar-refractivity contribution in [1.82, 2.24) is 0 Å². The summed E-state index contributed by atoms with van der Waals surface area (Å²) in [4.78, 5) is -0.00532. The number of anilines is 2. The van der Waals surface area contributed by atoms with E-state index in [-0.39, 0.29) is 16.9 Å². The fourth-order valence-corrected chi connectivity index (χ4v) is 2.41. The number of ether oxygens (including phenoxy) is 1. The molecule has 0 bridgehead atoms. The molecule has 0 amide bonds. The van der Waals surface area contributed by atoms with E-state index in [0.717, 1.165) is 0 Å². The fourth-order valence-electron chi connectivity index (χ4n) is 1.67. The van der Waals surface area contributed by atoms with Gasteiger partial charge in [0, 0.05) is 12.8 Å². The van der Waals surface area contributed by atoms with Gasteiger partial charge in [-0.1, -0.05) is 13.8 Å². The van der Waals surface area contributed by atoms with Gasteiger partial charge in [-0.2, -0.15) is 0 Å². The highest BCUT2D eigenvalue weighted by Gasteiger charge is 2.19. The second-order valence-electron chi connectivity index (χ2n) is 4.75. The molecule has 0 spiro atoms. The van der Waals surface area contributed by atoms with Crippen LogP contribution in [0.1, 0.15) is 13.8 Å². The molecule has 0 saturated heterocycles. The summed E-state index contributed by atoms with van der Waals surface area (Å²) in [5.74, 6) is 0.269. The van der Waals surface area contributed by atoms with Crippen LogP contribution in [0.4, 0.5) is 11.4 Å². The Morgan fingerprint density at radius 3 is 2.47 bits per heavy atom. The number of nitrogen functional groups attached to an aromatic ring is 1. The third-order valence-corrected chi connectivity index (χ3v) is 3.75. The molecule has 6 nitrogen and oxygen atoms in total. The highest BCUT2D eigenvalue weighted by atomic mass is 32.2. The molecule has 108 valence electrons. The minimum absolute atomic E-state index is 0.00532. The first-order chi connectivity index (χ1) is 8.75.